The first kappa shape index (κ1) is 12.8. The third-order valence-corrected chi connectivity index (χ3v) is 3.79. The fourth-order valence-electron chi connectivity index (χ4n) is 2.90. The van der Waals surface area contributed by atoms with Crippen molar-refractivity contribution >= 4 is 5.91 Å². The van der Waals surface area contributed by atoms with Crippen molar-refractivity contribution < 1.29 is 14.3 Å². The van der Waals surface area contributed by atoms with E-state index in [9.17, 15) is 4.79 Å². The number of carbonyl (C=O) groups is 1. The minimum absolute atomic E-state index is 0.107. The van der Waals surface area contributed by atoms with E-state index in [1.165, 1.54) is 0 Å². The molecule has 2 fully saturated rings. The van der Waals surface area contributed by atoms with Crippen molar-refractivity contribution in [3.63, 3.8) is 0 Å². The van der Waals surface area contributed by atoms with E-state index in [4.69, 9.17) is 15.2 Å². The number of rotatable bonds is 4. The van der Waals surface area contributed by atoms with Crippen LogP contribution >= 0.6 is 0 Å². The van der Waals surface area contributed by atoms with Gasteiger partial charge in [0.1, 0.15) is 6.04 Å². The molecule has 2 aliphatic rings. The van der Waals surface area contributed by atoms with E-state index in [2.05, 4.69) is 5.32 Å². The number of fused-ring (bicyclic) bond motifs is 1. The van der Waals surface area contributed by atoms with Crippen LogP contribution in [0.3, 0.4) is 0 Å². The van der Waals surface area contributed by atoms with Crippen LogP contribution in [0.5, 0.6) is 0 Å². The Morgan fingerprint density at radius 1 is 1.53 bits per heavy atom. The maximum absolute atomic E-state index is 11.8. The molecule has 98 valence electrons. The average molecular weight is 242 g/mol. The number of carbonyl (C=O) groups excluding carboxylic acids is 1. The van der Waals surface area contributed by atoms with Crippen LogP contribution in [0.25, 0.3) is 0 Å². The van der Waals surface area contributed by atoms with Crippen molar-refractivity contribution in [1.82, 2.24) is 5.32 Å². The van der Waals surface area contributed by atoms with Crippen LogP contribution in [-0.2, 0) is 14.3 Å². The molecule has 3 N–H and O–H groups in total. The van der Waals surface area contributed by atoms with Gasteiger partial charge in [0.2, 0.25) is 5.91 Å². The minimum atomic E-state index is -0.567. The molecule has 1 heterocycles. The second kappa shape index (κ2) is 5.80. The molecule has 5 heteroatoms. The number of nitrogens with one attached hydrogen (secondary N) is 1. The zero-order valence-corrected chi connectivity index (χ0v) is 10.4. The van der Waals surface area contributed by atoms with E-state index in [-0.39, 0.29) is 18.6 Å². The van der Waals surface area contributed by atoms with Crippen LogP contribution in [0, 0.1) is 5.92 Å². The normalized spacial score (nSPS) is 34.1. The first-order chi connectivity index (χ1) is 8.22. The molecule has 1 amide bonds. The molecule has 0 aromatic carbocycles. The van der Waals surface area contributed by atoms with E-state index in [1.54, 1.807) is 7.11 Å². The Hall–Kier alpha value is -0.650. The molecule has 1 saturated heterocycles. The summed E-state index contributed by atoms with van der Waals surface area (Å²) in [5.74, 6) is 0.367. The molecule has 4 atom stereocenters. The number of nitrogens with two attached hydrogens (primary N) is 1. The van der Waals surface area contributed by atoms with Crippen molar-refractivity contribution in [1.29, 1.82) is 0 Å². The van der Waals surface area contributed by atoms with Gasteiger partial charge in [-0.1, -0.05) is 0 Å². The first-order valence-electron chi connectivity index (χ1n) is 6.39. The lowest BCUT2D eigenvalue weighted by Crippen LogP contribution is -2.52. The van der Waals surface area contributed by atoms with Crippen LogP contribution in [-0.4, -0.2) is 44.4 Å². The molecule has 0 aromatic heterocycles. The molecule has 0 spiro atoms. The van der Waals surface area contributed by atoms with Gasteiger partial charge in [-0.25, -0.2) is 0 Å². The van der Waals surface area contributed by atoms with Crippen molar-refractivity contribution in [2.24, 2.45) is 11.7 Å². The van der Waals surface area contributed by atoms with E-state index in [0.717, 1.165) is 32.3 Å². The van der Waals surface area contributed by atoms with Crippen molar-refractivity contribution in [2.45, 2.75) is 43.9 Å². The molecular formula is C12H22N2O3. The maximum Gasteiger partial charge on any atom is 0.239 e. The number of amides is 1. The molecule has 0 bridgehead atoms. The van der Waals surface area contributed by atoms with Gasteiger partial charge in [-0.3, -0.25) is 4.79 Å². The van der Waals surface area contributed by atoms with Crippen molar-refractivity contribution in [2.75, 3.05) is 20.3 Å². The summed E-state index contributed by atoms with van der Waals surface area (Å²) in [5.41, 5.74) is 5.71. The van der Waals surface area contributed by atoms with Crippen LogP contribution in [0.4, 0.5) is 0 Å². The van der Waals surface area contributed by atoms with Gasteiger partial charge in [-0.15, -0.1) is 0 Å². The Bertz CT molecular complexity index is 272. The summed E-state index contributed by atoms with van der Waals surface area (Å²) in [7, 11) is 1.55. The standard InChI is InChI=1S/C12H22N2O3/c1-16-7-9(13)12(15)14-10-3-2-4-11-8(10)5-6-17-11/h8-11H,2-7,13H2,1H3,(H,14,15). The Labute approximate surface area is 102 Å². The Morgan fingerprint density at radius 3 is 3.12 bits per heavy atom. The smallest absolute Gasteiger partial charge is 0.239 e. The number of ether oxygens (including phenoxy) is 2. The van der Waals surface area contributed by atoms with Gasteiger partial charge < -0.3 is 20.5 Å². The van der Waals surface area contributed by atoms with Gasteiger partial charge in [0, 0.05) is 25.7 Å². The Morgan fingerprint density at radius 2 is 2.35 bits per heavy atom. The van der Waals surface area contributed by atoms with Gasteiger partial charge in [0.05, 0.1) is 12.7 Å². The fourth-order valence-corrected chi connectivity index (χ4v) is 2.90. The van der Waals surface area contributed by atoms with E-state index < -0.39 is 6.04 Å². The molecule has 4 unspecified atom stereocenters. The topological polar surface area (TPSA) is 73.6 Å². The first-order valence-corrected chi connectivity index (χ1v) is 6.39. The van der Waals surface area contributed by atoms with E-state index >= 15 is 0 Å². The molecule has 2 rings (SSSR count). The summed E-state index contributed by atoms with van der Waals surface area (Å²) in [6.07, 6.45) is 4.67. The monoisotopic (exact) mass is 242 g/mol. The Balaban J connectivity index is 1.87. The number of methoxy groups -OCH3 is 1. The molecule has 5 nitrogen and oxygen atoms in total. The summed E-state index contributed by atoms with van der Waals surface area (Å²) in [4.78, 5) is 11.8. The van der Waals surface area contributed by atoms with Crippen LogP contribution in [0.15, 0.2) is 0 Å². The Kier molecular flexibility index (Phi) is 4.36. The third kappa shape index (κ3) is 2.97. The highest BCUT2D eigenvalue weighted by atomic mass is 16.5. The van der Waals surface area contributed by atoms with E-state index in [0.29, 0.717) is 12.0 Å². The highest BCUT2D eigenvalue weighted by Gasteiger charge is 2.38. The predicted octanol–water partition coefficient (Wildman–Crippen LogP) is 0.0339. The average Bonchev–Trinajstić information content (AvgIpc) is 2.78. The summed E-state index contributed by atoms with van der Waals surface area (Å²) in [6.45, 7) is 1.09. The molecule has 1 saturated carbocycles. The molecule has 1 aliphatic heterocycles. The van der Waals surface area contributed by atoms with Gasteiger partial charge in [0.25, 0.3) is 0 Å². The maximum atomic E-state index is 11.8. The van der Waals surface area contributed by atoms with E-state index in [1.807, 2.05) is 0 Å². The summed E-state index contributed by atoms with van der Waals surface area (Å²) >= 11 is 0. The van der Waals surface area contributed by atoms with Crippen LogP contribution in [0.2, 0.25) is 0 Å². The van der Waals surface area contributed by atoms with Crippen molar-refractivity contribution in [3.05, 3.63) is 0 Å². The number of hydrogen-bond donors (Lipinski definition) is 2. The van der Waals surface area contributed by atoms with Crippen LogP contribution < -0.4 is 11.1 Å². The molecule has 17 heavy (non-hydrogen) atoms. The van der Waals surface area contributed by atoms with Gasteiger partial charge in [0.15, 0.2) is 0 Å². The minimum Gasteiger partial charge on any atom is -0.383 e. The zero-order valence-electron chi connectivity index (χ0n) is 10.4. The summed E-state index contributed by atoms with van der Waals surface area (Å²) < 4.78 is 10.6. The van der Waals surface area contributed by atoms with Crippen molar-refractivity contribution in [3.8, 4) is 0 Å². The highest BCUT2D eigenvalue weighted by molar-refractivity contribution is 5.81. The fraction of sp³-hybridized carbons (Fsp3) is 0.917. The predicted molar refractivity (Wildman–Crippen MR) is 63.5 cm³/mol. The van der Waals surface area contributed by atoms with Gasteiger partial charge in [-0.05, 0) is 25.7 Å². The largest absolute Gasteiger partial charge is 0.383 e. The summed E-state index contributed by atoms with van der Waals surface area (Å²) in [5, 5.41) is 3.05. The number of hydrogen-bond acceptors (Lipinski definition) is 4. The molecule has 0 aromatic rings. The lowest BCUT2D eigenvalue weighted by molar-refractivity contribution is -0.125. The lowest BCUT2D eigenvalue weighted by atomic mass is 9.81. The molecule has 0 radical (unpaired) electrons. The molecule has 1 aliphatic carbocycles. The van der Waals surface area contributed by atoms with Gasteiger partial charge >= 0.3 is 0 Å². The SMILES string of the molecule is COCC(N)C(=O)NC1CCCC2OCCC12. The van der Waals surface area contributed by atoms with Crippen LogP contribution in [0.1, 0.15) is 25.7 Å². The quantitative estimate of drug-likeness (QED) is 0.729. The second-order valence-corrected chi connectivity index (χ2v) is 4.97. The lowest BCUT2D eigenvalue weighted by Gasteiger charge is -2.33. The summed E-state index contributed by atoms with van der Waals surface area (Å²) in [6, 6.07) is -0.339. The highest BCUT2D eigenvalue weighted by Crippen LogP contribution is 2.34. The van der Waals surface area contributed by atoms with Gasteiger partial charge in [-0.2, -0.15) is 0 Å². The zero-order chi connectivity index (χ0) is 12.3. The molecular weight excluding hydrogens is 220 g/mol. The third-order valence-electron chi connectivity index (χ3n) is 3.79. The second-order valence-electron chi connectivity index (χ2n) is 4.97.